The van der Waals surface area contributed by atoms with Crippen LogP contribution in [0.25, 0.3) is 10.2 Å². The van der Waals surface area contributed by atoms with Gasteiger partial charge in [-0.25, -0.2) is 0 Å². The quantitative estimate of drug-likeness (QED) is 0.608. The number of ether oxygens (including phenoxy) is 1. The first-order valence-electron chi connectivity index (χ1n) is 9.91. The number of rotatable bonds is 6. The van der Waals surface area contributed by atoms with Crippen molar-refractivity contribution in [3.63, 3.8) is 0 Å². The summed E-state index contributed by atoms with van der Waals surface area (Å²) in [5, 5.41) is 24.4. The number of benzene rings is 1. The van der Waals surface area contributed by atoms with Crippen molar-refractivity contribution in [1.29, 1.82) is 0 Å². The second-order valence-electron chi connectivity index (χ2n) is 8.04. The van der Waals surface area contributed by atoms with Gasteiger partial charge < -0.3 is 9.84 Å². The van der Waals surface area contributed by atoms with Crippen LogP contribution in [0.2, 0.25) is 0 Å². The van der Waals surface area contributed by atoms with Crippen LogP contribution in [0.4, 0.5) is 0 Å². The zero-order chi connectivity index (χ0) is 19.4. The van der Waals surface area contributed by atoms with Gasteiger partial charge >= 0.3 is 0 Å². The van der Waals surface area contributed by atoms with Gasteiger partial charge in [0, 0.05) is 17.3 Å². The minimum atomic E-state index is -0.650. The lowest BCUT2D eigenvalue weighted by Gasteiger charge is -2.14. The molecule has 0 radical (unpaired) electrons. The smallest absolute Gasteiger partial charge is 0.147 e. The standard InChI is InChI=1S/C22H25N3O2S/c1-11-12(2)24-25-22-18(11)19(14-4-5-14)20(28-22)21(26)23-17-10-16(17)13-6-8-15(27-3)9-7-13/h6-9,14,16-17,21,23,26H,4-5,10H2,1-3H3. The Bertz CT molecular complexity index is 1030. The molecule has 5 rings (SSSR count). The maximum atomic E-state index is 11.0. The van der Waals surface area contributed by atoms with E-state index in [1.807, 2.05) is 19.1 Å². The van der Waals surface area contributed by atoms with Gasteiger partial charge in [0.25, 0.3) is 0 Å². The van der Waals surface area contributed by atoms with Gasteiger partial charge in [-0.2, -0.15) is 5.10 Å². The summed E-state index contributed by atoms with van der Waals surface area (Å²) in [6, 6.07) is 8.54. The van der Waals surface area contributed by atoms with E-state index in [-0.39, 0.29) is 0 Å². The van der Waals surface area contributed by atoms with E-state index in [9.17, 15) is 5.11 Å². The third-order valence-corrected chi connectivity index (χ3v) is 7.25. The van der Waals surface area contributed by atoms with Gasteiger partial charge in [-0.3, -0.25) is 5.32 Å². The summed E-state index contributed by atoms with van der Waals surface area (Å²) in [5.74, 6) is 1.88. The summed E-state index contributed by atoms with van der Waals surface area (Å²) >= 11 is 1.59. The minimum Gasteiger partial charge on any atom is -0.497 e. The van der Waals surface area contributed by atoms with Gasteiger partial charge in [-0.15, -0.1) is 16.4 Å². The number of aryl methyl sites for hydroxylation is 2. The lowest BCUT2D eigenvalue weighted by atomic mass is 10.0. The molecule has 0 bridgehead atoms. The number of aliphatic hydroxyl groups excluding tert-OH is 1. The highest BCUT2D eigenvalue weighted by Gasteiger charge is 2.41. The summed E-state index contributed by atoms with van der Waals surface area (Å²) in [6.45, 7) is 4.13. The fourth-order valence-electron chi connectivity index (χ4n) is 4.12. The fraction of sp³-hybridized carbons (Fsp3) is 0.455. The Labute approximate surface area is 168 Å². The monoisotopic (exact) mass is 395 g/mol. The van der Waals surface area contributed by atoms with Crippen molar-refractivity contribution < 1.29 is 9.84 Å². The van der Waals surface area contributed by atoms with Crippen molar-refractivity contribution in [3.8, 4) is 5.75 Å². The van der Waals surface area contributed by atoms with Crippen molar-refractivity contribution in [2.24, 2.45) is 0 Å². The lowest BCUT2D eigenvalue weighted by molar-refractivity contribution is 0.139. The van der Waals surface area contributed by atoms with Crippen LogP contribution in [0.3, 0.4) is 0 Å². The first-order valence-corrected chi connectivity index (χ1v) is 10.7. The molecule has 0 aliphatic heterocycles. The summed E-state index contributed by atoms with van der Waals surface area (Å²) in [4.78, 5) is 1.98. The number of hydrogen-bond acceptors (Lipinski definition) is 6. The van der Waals surface area contributed by atoms with Gasteiger partial charge in [0.05, 0.1) is 17.7 Å². The lowest BCUT2D eigenvalue weighted by Crippen LogP contribution is -2.24. The Morgan fingerprint density at radius 2 is 1.93 bits per heavy atom. The molecule has 3 atom stereocenters. The number of methoxy groups -OCH3 is 1. The maximum absolute atomic E-state index is 11.0. The topological polar surface area (TPSA) is 67.3 Å². The Hall–Kier alpha value is -2.02. The molecule has 5 nitrogen and oxygen atoms in total. The van der Waals surface area contributed by atoms with Crippen LogP contribution in [0.5, 0.6) is 5.75 Å². The van der Waals surface area contributed by atoms with Crippen LogP contribution in [-0.4, -0.2) is 28.5 Å². The van der Waals surface area contributed by atoms with Gasteiger partial charge in [-0.1, -0.05) is 12.1 Å². The molecule has 2 aromatic heterocycles. The van der Waals surface area contributed by atoms with E-state index >= 15 is 0 Å². The van der Waals surface area contributed by atoms with Gasteiger partial charge in [0.1, 0.15) is 16.8 Å². The molecule has 2 aliphatic rings. The van der Waals surface area contributed by atoms with E-state index in [0.717, 1.165) is 27.6 Å². The van der Waals surface area contributed by atoms with Crippen molar-refractivity contribution in [3.05, 3.63) is 51.5 Å². The van der Waals surface area contributed by atoms with E-state index in [2.05, 4.69) is 34.6 Å². The van der Waals surface area contributed by atoms with Crippen LogP contribution < -0.4 is 10.1 Å². The number of aliphatic hydroxyl groups is 1. The molecule has 1 aromatic carbocycles. The molecule has 2 saturated carbocycles. The first-order chi connectivity index (χ1) is 13.6. The maximum Gasteiger partial charge on any atom is 0.147 e. The number of aromatic nitrogens is 2. The number of fused-ring (bicyclic) bond motifs is 1. The molecule has 28 heavy (non-hydrogen) atoms. The third-order valence-electron chi connectivity index (χ3n) is 6.10. The third kappa shape index (κ3) is 3.09. The van der Waals surface area contributed by atoms with Crippen molar-refractivity contribution >= 4 is 21.6 Å². The predicted molar refractivity (Wildman–Crippen MR) is 111 cm³/mol. The highest BCUT2D eigenvalue weighted by atomic mass is 32.1. The van der Waals surface area contributed by atoms with Crippen LogP contribution in [0, 0.1) is 13.8 Å². The highest BCUT2D eigenvalue weighted by Crippen LogP contribution is 2.50. The zero-order valence-electron chi connectivity index (χ0n) is 16.4. The van der Waals surface area contributed by atoms with Crippen LogP contribution in [0.15, 0.2) is 24.3 Å². The fourth-order valence-corrected chi connectivity index (χ4v) is 5.33. The number of thiophene rings is 1. The van der Waals surface area contributed by atoms with Gasteiger partial charge in [0.2, 0.25) is 0 Å². The summed E-state index contributed by atoms with van der Waals surface area (Å²) in [7, 11) is 1.68. The molecule has 2 N–H and O–H groups in total. The molecule has 3 unspecified atom stereocenters. The van der Waals surface area contributed by atoms with Gasteiger partial charge in [-0.05, 0) is 67.9 Å². The molecule has 0 amide bonds. The summed E-state index contributed by atoms with van der Waals surface area (Å²) in [5.41, 5.74) is 4.77. The molecule has 2 fully saturated rings. The Kier molecular flexibility index (Phi) is 4.38. The SMILES string of the molecule is COc1ccc(C2CC2NC(O)c2sc3nnc(C)c(C)c3c2C2CC2)cc1. The molecular weight excluding hydrogens is 370 g/mol. The number of nitrogens with zero attached hydrogens (tertiary/aromatic N) is 2. The average molecular weight is 396 g/mol. The molecule has 0 spiro atoms. The zero-order valence-corrected chi connectivity index (χ0v) is 17.2. The average Bonchev–Trinajstić information content (AvgIpc) is 3.63. The van der Waals surface area contributed by atoms with Crippen LogP contribution in [-0.2, 0) is 0 Å². The Morgan fingerprint density at radius 1 is 1.18 bits per heavy atom. The Morgan fingerprint density at radius 3 is 2.61 bits per heavy atom. The molecule has 6 heteroatoms. The normalized spacial score (nSPS) is 22.4. The molecule has 0 saturated heterocycles. The van der Waals surface area contributed by atoms with Crippen LogP contribution in [0.1, 0.15) is 64.6 Å². The van der Waals surface area contributed by atoms with E-state index in [1.54, 1.807) is 18.4 Å². The van der Waals surface area contributed by atoms with Gasteiger partial charge in [0.15, 0.2) is 0 Å². The largest absolute Gasteiger partial charge is 0.497 e. The van der Waals surface area contributed by atoms with E-state index in [0.29, 0.717) is 17.9 Å². The van der Waals surface area contributed by atoms with E-state index < -0.39 is 6.23 Å². The summed E-state index contributed by atoms with van der Waals surface area (Å²) < 4.78 is 5.24. The van der Waals surface area contributed by atoms with E-state index in [1.165, 1.54) is 34.9 Å². The second-order valence-corrected chi connectivity index (χ2v) is 9.07. The molecule has 3 aromatic rings. The number of hydrogen-bond donors (Lipinski definition) is 2. The minimum absolute atomic E-state index is 0.301. The molecule has 2 aliphatic carbocycles. The summed E-state index contributed by atoms with van der Waals surface area (Å²) in [6.07, 6.45) is 2.79. The predicted octanol–water partition coefficient (Wildman–Crippen LogP) is 4.33. The second kappa shape index (κ2) is 6.79. The molecule has 146 valence electrons. The van der Waals surface area contributed by atoms with Crippen molar-refractivity contribution in [2.45, 2.75) is 57.2 Å². The van der Waals surface area contributed by atoms with Crippen molar-refractivity contribution in [1.82, 2.24) is 15.5 Å². The van der Waals surface area contributed by atoms with E-state index in [4.69, 9.17) is 4.74 Å². The molecule has 2 heterocycles. The molecular formula is C22H25N3O2S. The number of nitrogens with one attached hydrogen (secondary N) is 1. The van der Waals surface area contributed by atoms with Crippen LogP contribution >= 0.6 is 11.3 Å². The first kappa shape index (κ1) is 18.0. The highest BCUT2D eigenvalue weighted by molar-refractivity contribution is 7.19. The van der Waals surface area contributed by atoms with Crippen molar-refractivity contribution in [2.75, 3.05) is 7.11 Å². The Balaban J connectivity index is 1.39.